The first-order valence-corrected chi connectivity index (χ1v) is 6.89. The summed E-state index contributed by atoms with van der Waals surface area (Å²) in [4.78, 5) is 13.0. The van der Waals surface area contributed by atoms with Gasteiger partial charge in [-0.3, -0.25) is 4.79 Å². The van der Waals surface area contributed by atoms with Gasteiger partial charge in [0.15, 0.2) is 0 Å². The molecule has 1 heterocycles. The van der Waals surface area contributed by atoms with Gasteiger partial charge in [0.2, 0.25) is 0 Å². The fourth-order valence-electron chi connectivity index (χ4n) is 2.27. The van der Waals surface area contributed by atoms with Crippen LogP contribution in [0.1, 0.15) is 30.9 Å². The van der Waals surface area contributed by atoms with Crippen LogP contribution >= 0.6 is 15.9 Å². The Morgan fingerprint density at radius 1 is 1.44 bits per heavy atom. The Morgan fingerprint density at radius 2 is 2.11 bits per heavy atom. The number of rotatable bonds is 4. The lowest BCUT2D eigenvalue weighted by Gasteiger charge is -2.20. The predicted molar refractivity (Wildman–Crippen MR) is 74.8 cm³/mol. The number of anilines is 1. The molecule has 4 nitrogen and oxygen atoms in total. The molecule has 0 aromatic heterocycles. The average molecular weight is 313 g/mol. The van der Waals surface area contributed by atoms with Gasteiger partial charge in [-0.15, -0.1) is 0 Å². The summed E-state index contributed by atoms with van der Waals surface area (Å²) < 4.78 is 0.989. The number of halogens is 1. The van der Waals surface area contributed by atoms with Gasteiger partial charge in [-0.1, -0.05) is 6.07 Å². The topological polar surface area (TPSA) is 66.6 Å². The molecule has 1 aromatic carbocycles. The lowest BCUT2D eigenvalue weighted by atomic mass is 10.0. The first-order chi connectivity index (χ1) is 8.58. The molecular weight excluding hydrogens is 296 g/mol. The Kier molecular flexibility index (Phi) is 4.24. The third-order valence-corrected chi connectivity index (χ3v) is 3.88. The van der Waals surface area contributed by atoms with Gasteiger partial charge in [0, 0.05) is 23.6 Å². The molecule has 1 atom stereocenters. The van der Waals surface area contributed by atoms with E-state index in [2.05, 4.69) is 20.8 Å². The molecule has 18 heavy (non-hydrogen) atoms. The van der Waals surface area contributed by atoms with Gasteiger partial charge < -0.3 is 15.7 Å². The maximum Gasteiger partial charge on any atom is 0.305 e. The number of carboxylic acids is 1. The molecule has 1 saturated heterocycles. The first-order valence-electron chi connectivity index (χ1n) is 6.09. The van der Waals surface area contributed by atoms with Crippen molar-refractivity contribution in [3.63, 3.8) is 0 Å². The van der Waals surface area contributed by atoms with E-state index >= 15 is 0 Å². The van der Waals surface area contributed by atoms with Crippen LogP contribution in [-0.2, 0) is 4.79 Å². The van der Waals surface area contributed by atoms with Crippen LogP contribution in [0.3, 0.4) is 0 Å². The molecule has 98 valence electrons. The van der Waals surface area contributed by atoms with Crippen molar-refractivity contribution < 1.29 is 9.90 Å². The largest absolute Gasteiger partial charge is 0.481 e. The Hall–Kier alpha value is -1.07. The highest BCUT2D eigenvalue weighted by molar-refractivity contribution is 9.10. The molecule has 1 aliphatic rings. The molecule has 2 rings (SSSR count). The summed E-state index contributed by atoms with van der Waals surface area (Å²) >= 11 is 3.55. The van der Waals surface area contributed by atoms with Crippen LogP contribution in [0, 0.1) is 0 Å². The van der Waals surface area contributed by atoms with E-state index < -0.39 is 12.0 Å². The Morgan fingerprint density at radius 3 is 2.67 bits per heavy atom. The van der Waals surface area contributed by atoms with Crippen LogP contribution in [0.5, 0.6) is 0 Å². The quantitative estimate of drug-likeness (QED) is 0.896. The van der Waals surface area contributed by atoms with Crippen LogP contribution in [-0.4, -0.2) is 24.2 Å². The van der Waals surface area contributed by atoms with Gasteiger partial charge in [0.25, 0.3) is 0 Å². The number of carbonyl (C=O) groups is 1. The van der Waals surface area contributed by atoms with Gasteiger partial charge in [-0.25, -0.2) is 0 Å². The highest BCUT2D eigenvalue weighted by atomic mass is 79.9. The summed E-state index contributed by atoms with van der Waals surface area (Å²) in [5.41, 5.74) is 7.87. The minimum Gasteiger partial charge on any atom is -0.481 e. The van der Waals surface area contributed by atoms with E-state index in [1.165, 1.54) is 18.5 Å². The van der Waals surface area contributed by atoms with E-state index in [1.54, 1.807) is 0 Å². The minimum atomic E-state index is -0.873. The maximum absolute atomic E-state index is 10.6. The second kappa shape index (κ2) is 5.71. The standard InChI is InChI=1S/C13H17BrN2O2/c14-10-7-9(11(15)8-13(17)18)3-4-12(10)16-5-1-2-6-16/h3-4,7,11H,1-2,5-6,8,15H2,(H,17,18). The van der Waals surface area contributed by atoms with Gasteiger partial charge in [-0.05, 0) is 46.5 Å². The molecule has 0 spiro atoms. The third-order valence-electron chi connectivity index (χ3n) is 3.24. The zero-order chi connectivity index (χ0) is 13.1. The van der Waals surface area contributed by atoms with E-state index in [4.69, 9.17) is 10.8 Å². The summed E-state index contributed by atoms with van der Waals surface area (Å²) in [6.45, 7) is 2.16. The van der Waals surface area contributed by atoms with E-state index in [1.807, 2.05) is 18.2 Å². The highest BCUT2D eigenvalue weighted by Crippen LogP contribution is 2.31. The smallest absolute Gasteiger partial charge is 0.305 e. The number of nitrogens with two attached hydrogens (primary N) is 1. The lowest BCUT2D eigenvalue weighted by molar-refractivity contribution is -0.137. The number of nitrogens with zero attached hydrogens (tertiary/aromatic N) is 1. The van der Waals surface area contributed by atoms with Gasteiger partial charge in [0.1, 0.15) is 0 Å². The molecule has 0 radical (unpaired) electrons. The van der Waals surface area contributed by atoms with Crippen LogP contribution < -0.4 is 10.6 Å². The summed E-state index contributed by atoms with van der Waals surface area (Å²) in [6, 6.07) is 5.42. The molecule has 0 amide bonds. The van der Waals surface area contributed by atoms with Crippen molar-refractivity contribution in [2.75, 3.05) is 18.0 Å². The van der Waals surface area contributed by atoms with E-state index in [0.29, 0.717) is 0 Å². The Bertz CT molecular complexity index is 445. The Labute approximate surface area is 115 Å². The molecule has 1 aliphatic heterocycles. The highest BCUT2D eigenvalue weighted by Gasteiger charge is 2.17. The van der Waals surface area contributed by atoms with Crippen molar-refractivity contribution in [1.82, 2.24) is 0 Å². The normalized spacial score (nSPS) is 16.9. The van der Waals surface area contributed by atoms with Gasteiger partial charge >= 0.3 is 5.97 Å². The van der Waals surface area contributed by atoms with Crippen LogP contribution in [0.15, 0.2) is 22.7 Å². The van der Waals surface area contributed by atoms with Crippen molar-refractivity contribution >= 4 is 27.6 Å². The minimum absolute atomic E-state index is 0.0461. The molecule has 5 heteroatoms. The zero-order valence-electron chi connectivity index (χ0n) is 10.1. The summed E-state index contributed by atoms with van der Waals surface area (Å²) in [5.74, 6) is -0.873. The molecule has 0 saturated carbocycles. The van der Waals surface area contributed by atoms with Crippen LogP contribution in [0.4, 0.5) is 5.69 Å². The number of hydrogen-bond acceptors (Lipinski definition) is 3. The molecule has 3 N–H and O–H groups in total. The molecule has 0 aliphatic carbocycles. The van der Waals surface area contributed by atoms with E-state index in [0.717, 1.165) is 23.1 Å². The summed E-state index contributed by atoms with van der Waals surface area (Å²) in [7, 11) is 0. The van der Waals surface area contributed by atoms with Crippen molar-refractivity contribution in [3.8, 4) is 0 Å². The van der Waals surface area contributed by atoms with Crippen molar-refractivity contribution in [2.24, 2.45) is 5.73 Å². The van der Waals surface area contributed by atoms with Crippen LogP contribution in [0.2, 0.25) is 0 Å². The SMILES string of the molecule is NC(CC(=O)O)c1ccc(N2CCCC2)c(Br)c1. The van der Waals surface area contributed by atoms with Crippen molar-refractivity contribution in [1.29, 1.82) is 0 Å². The first kappa shape index (κ1) is 13.4. The number of benzene rings is 1. The molecule has 1 aromatic rings. The number of carboxylic acid groups (broad SMARTS) is 1. The summed E-state index contributed by atoms with van der Waals surface area (Å²) in [5, 5.41) is 8.74. The Balaban J connectivity index is 2.16. The fraction of sp³-hybridized carbons (Fsp3) is 0.462. The zero-order valence-corrected chi connectivity index (χ0v) is 11.7. The molecular formula is C13H17BrN2O2. The van der Waals surface area contributed by atoms with Crippen LogP contribution in [0.25, 0.3) is 0 Å². The number of hydrogen-bond donors (Lipinski definition) is 2. The monoisotopic (exact) mass is 312 g/mol. The average Bonchev–Trinajstić information content (AvgIpc) is 2.81. The molecule has 1 fully saturated rings. The second-order valence-corrected chi connectivity index (χ2v) is 5.46. The fourth-order valence-corrected chi connectivity index (χ4v) is 2.92. The third kappa shape index (κ3) is 3.03. The van der Waals surface area contributed by atoms with E-state index in [-0.39, 0.29) is 6.42 Å². The van der Waals surface area contributed by atoms with Gasteiger partial charge in [-0.2, -0.15) is 0 Å². The van der Waals surface area contributed by atoms with Gasteiger partial charge in [0.05, 0.1) is 12.1 Å². The van der Waals surface area contributed by atoms with E-state index in [9.17, 15) is 4.79 Å². The second-order valence-electron chi connectivity index (χ2n) is 4.61. The number of aliphatic carboxylic acids is 1. The van der Waals surface area contributed by atoms with Crippen molar-refractivity contribution in [3.05, 3.63) is 28.2 Å². The van der Waals surface area contributed by atoms with Crippen molar-refractivity contribution in [2.45, 2.75) is 25.3 Å². The predicted octanol–water partition coefficient (Wildman–Crippen LogP) is 2.52. The molecule has 0 bridgehead atoms. The molecule has 1 unspecified atom stereocenters. The summed E-state index contributed by atoms with van der Waals surface area (Å²) in [6.07, 6.45) is 2.41. The lowest BCUT2D eigenvalue weighted by Crippen LogP contribution is -2.19. The maximum atomic E-state index is 10.6.